The van der Waals surface area contributed by atoms with Crippen LogP contribution in [0.2, 0.25) is 0 Å². The largest absolute Gasteiger partial charge is 0.494 e. The van der Waals surface area contributed by atoms with Gasteiger partial charge in [0.1, 0.15) is 11.3 Å². The normalized spacial score (nSPS) is 14.7. The van der Waals surface area contributed by atoms with Crippen molar-refractivity contribution in [3.63, 3.8) is 0 Å². The van der Waals surface area contributed by atoms with Crippen LogP contribution in [-0.4, -0.2) is 23.5 Å². The van der Waals surface area contributed by atoms with E-state index in [2.05, 4.69) is 33.2 Å². The fourth-order valence-corrected chi connectivity index (χ4v) is 2.54. The molecule has 1 aliphatic rings. The summed E-state index contributed by atoms with van der Waals surface area (Å²) in [4.78, 5) is 23.5. The van der Waals surface area contributed by atoms with Gasteiger partial charge in [0.05, 0.1) is 6.61 Å². The molecule has 0 saturated carbocycles. The molecule has 104 valence electrons. The maximum atomic E-state index is 11.8. The summed E-state index contributed by atoms with van der Waals surface area (Å²) in [6.45, 7) is 2.44. The minimum Gasteiger partial charge on any atom is -0.494 e. The predicted octanol–water partition coefficient (Wildman–Crippen LogP) is 1.60. The van der Waals surface area contributed by atoms with Gasteiger partial charge in [0, 0.05) is 3.57 Å². The van der Waals surface area contributed by atoms with Gasteiger partial charge < -0.3 is 4.74 Å². The predicted molar refractivity (Wildman–Crippen MR) is 87.2 cm³/mol. The molecule has 5 nitrogen and oxygen atoms in total. The number of carbonyl (C=O) groups is 2. The molecule has 1 heterocycles. The molecule has 0 spiro atoms. The maximum absolute atomic E-state index is 11.8. The van der Waals surface area contributed by atoms with Crippen LogP contribution in [0.15, 0.2) is 23.8 Å². The fourth-order valence-electron chi connectivity index (χ4n) is 1.69. The van der Waals surface area contributed by atoms with Crippen molar-refractivity contribution in [2.75, 3.05) is 6.61 Å². The van der Waals surface area contributed by atoms with Crippen molar-refractivity contribution in [1.29, 1.82) is 0 Å². The Labute approximate surface area is 134 Å². The number of rotatable bonds is 3. The molecule has 0 aliphatic carbocycles. The van der Waals surface area contributed by atoms with E-state index in [0.29, 0.717) is 17.9 Å². The number of amides is 2. The van der Waals surface area contributed by atoms with Gasteiger partial charge in [-0.3, -0.25) is 20.2 Å². The molecule has 1 saturated heterocycles. The lowest BCUT2D eigenvalue weighted by Gasteiger charge is -2.16. The third-order valence-electron chi connectivity index (χ3n) is 2.46. The van der Waals surface area contributed by atoms with Crippen molar-refractivity contribution in [3.05, 3.63) is 32.9 Å². The van der Waals surface area contributed by atoms with E-state index in [-0.39, 0.29) is 10.7 Å². The Bertz CT molecular complexity index is 606. The van der Waals surface area contributed by atoms with Gasteiger partial charge in [-0.05, 0) is 71.6 Å². The number of benzene rings is 1. The van der Waals surface area contributed by atoms with E-state index < -0.39 is 11.8 Å². The van der Waals surface area contributed by atoms with Crippen molar-refractivity contribution in [2.45, 2.75) is 6.92 Å². The first-order valence-electron chi connectivity index (χ1n) is 5.81. The Hall–Kier alpha value is -1.48. The Balaban J connectivity index is 2.36. The molecule has 2 rings (SSSR count). The molecular weight excluding hydrogens is 391 g/mol. The van der Waals surface area contributed by atoms with Crippen molar-refractivity contribution in [2.24, 2.45) is 0 Å². The standard InChI is InChI=1S/C13H11IN2O3S/c1-2-19-9-4-7(3-8(14)6-9)5-10-11(17)15-13(20)16-12(10)18/h3-6H,2H2,1H3,(H2,15,16,17,18,20). The number of carbonyl (C=O) groups excluding carboxylic acids is 2. The molecule has 1 aromatic rings. The van der Waals surface area contributed by atoms with Gasteiger partial charge in [0.15, 0.2) is 5.11 Å². The highest BCUT2D eigenvalue weighted by Crippen LogP contribution is 2.21. The van der Waals surface area contributed by atoms with E-state index in [0.717, 1.165) is 3.57 Å². The minimum absolute atomic E-state index is 0.0167. The summed E-state index contributed by atoms with van der Waals surface area (Å²) in [5.41, 5.74) is 0.733. The van der Waals surface area contributed by atoms with Crippen LogP contribution in [0.1, 0.15) is 12.5 Å². The molecule has 0 bridgehead atoms. The number of nitrogens with one attached hydrogen (secondary N) is 2. The molecule has 0 atom stereocenters. The summed E-state index contributed by atoms with van der Waals surface area (Å²) in [5, 5.41) is 4.81. The summed E-state index contributed by atoms with van der Waals surface area (Å²) in [6.07, 6.45) is 1.51. The van der Waals surface area contributed by atoms with Crippen LogP contribution in [0.3, 0.4) is 0 Å². The van der Waals surface area contributed by atoms with Crippen LogP contribution < -0.4 is 15.4 Å². The van der Waals surface area contributed by atoms with Gasteiger partial charge >= 0.3 is 0 Å². The van der Waals surface area contributed by atoms with E-state index in [1.807, 2.05) is 19.1 Å². The van der Waals surface area contributed by atoms with E-state index in [1.54, 1.807) is 6.07 Å². The lowest BCUT2D eigenvalue weighted by molar-refractivity contribution is -0.123. The van der Waals surface area contributed by atoms with Gasteiger partial charge in [-0.25, -0.2) is 0 Å². The lowest BCUT2D eigenvalue weighted by Crippen LogP contribution is -2.51. The number of ether oxygens (including phenoxy) is 1. The van der Waals surface area contributed by atoms with Crippen LogP contribution in [0, 0.1) is 3.57 Å². The van der Waals surface area contributed by atoms with Crippen LogP contribution in [-0.2, 0) is 9.59 Å². The number of thiocarbonyl (C=S) groups is 1. The molecule has 0 aromatic heterocycles. The Kier molecular flexibility index (Phi) is 4.71. The van der Waals surface area contributed by atoms with Gasteiger partial charge in [0.25, 0.3) is 11.8 Å². The Morgan fingerprint density at radius 1 is 1.25 bits per heavy atom. The van der Waals surface area contributed by atoms with Crippen molar-refractivity contribution < 1.29 is 14.3 Å². The van der Waals surface area contributed by atoms with Gasteiger partial charge in [-0.15, -0.1) is 0 Å². The van der Waals surface area contributed by atoms with E-state index in [9.17, 15) is 9.59 Å². The van der Waals surface area contributed by atoms with Crippen LogP contribution in [0.5, 0.6) is 5.75 Å². The Morgan fingerprint density at radius 3 is 2.50 bits per heavy atom. The lowest BCUT2D eigenvalue weighted by atomic mass is 10.1. The summed E-state index contributed by atoms with van der Waals surface area (Å²) in [5.74, 6) is -0.315. The SMILES string of the molecule is CCOc1cc(I)cc(C=C2C(=O)NC(=S)NC2=O)c1. The van der Waals surface area contributed by atoms with E-state index in [1.165, 1.54) is 6.08 Å². The number of halogens is 1. The van der Waals surface area contributed by atoms with Gasteiger partial charge in [-0.1, -0.05) is 0 Å². The van der Waals surface area contributed by atoms with E-state index in [4.69, 9.17) is 17.0 Å². The van der Waals surface area contributed by atoms with Gasteiger partial charge in [0.2, 0.25) is 0 Å². The first kappa shape index (κ1) is 14.9. The first-order valence-corrected chi connectivity index (χ1v) is 7.30. The molecule has 1 aromatic carbocycles. The van der Waals surface area contributed by atoms with Crippen molar-refractivity contribution in [1.82, 2.24) is 10.6 Å². The molecule has 1 aliphatic heterocycles. The second-order valence-electron chi connectivity index (χ2n) is 3.95. The first-order chi connectivity index (χ1) is 9.49. The molecule has 2 amide bonds. The average Bonchev–Trinajstić information content (AvgIpc) is 2.33. The smallest absolute Gasteiger partial charge is 0.263 e. The number of hydrogen-bond acceptors (Lipinski definition) is 4. The summed E-state index contributed by atoms with van der Waals surface area (Å²) < 4.78 is 6.38. The fraction of sp³-hybridized carbons (Fsp3) is 0.154. The summed E-state index contributed by atoms with van der Waals surface area (Å²) in [6, 6.07) is 5.50. The molecule has 20 heavy (non-hydrogen) atoms. The van der Waals surface area contributed by atoms with E-state index >= 15 is 0 Å². The van der Waals surface area contributed by atoms with Crippen LogP contribution in [0.4, 0.5) is 0 Å². The summed E-state index contributed by atoms with van der Waals surface area (Å²) >= 11 is 6.89. The van der Waals surface area contributed by atoms with Crippen LogP contribution in [0.25, 0.3) is 6.08 Å². The average molecular weight is 402 g/mol. The van der Waals surface area contributed by atoms with Crippen LogP contribution >= 0.6 is 34.8 Å². The maximum Gasteiger partial charge on any atom is 0.263 e. The topological polar surface area (TPSA) is 67.4 Å². The van der Waals surface area contributed by atoms with Crippen molar-refractivity contribution >= 4 is 57.8 Å². The monoisotopic (exact) mass is 402 g/mol. The highest BCUT2D eigenvalue weighted by atomic mass is 127. The number of hydrogen-bond donors (Lipinski definition) is 2. The molecule has 0 unspecified atom stereocenters. The highest BCUT2D eigenvalue weighted by Gasteiger charge is 2.25. The quantitative estimate of drug-likeness (QED) is 0.349. The summed E-state index contributed by atoms with van der Waals surface area (Å²) in [7, 11) is 0. The molecule has 1 fully saturated rings. The third-order valence-corrected chi connectivity index (χ3v) is 3.29. The van der Waals surface area contributed by atoms with Crippen molar-refractivity contribution in [3.8, 4) is 5.75 Å². The highest BCUT2D eigenvalue weighted by molar-refractivity contribution is 14.1. The minimum atomic E-state index is -0.504. The second-order valence-corrected chi connectivity index (χ2v) is 5.60. The van der Waals surface area contributed by atoms with Gasteiger partial charge in [-0.2, -0.15) is 0 Å². The third kappa shape index (κ3) is 3.54. The Morgan fingerprint density at radius 2 is 1.90 bits per heavy atom. The zero-order valence-corrected chi connectivity index (χ0v) is 13.5. The molecule has 2 N–H and O–H groups in total. The molecule has 0 radical (unpaired) electrons. The molecule has 7 heteroatoms. The zero-order valence-electron chi connectivity index (χ0n) is 10.5. The molecular formula is C13H11IN2O3S. The second kappa shape index (κ2) is 6.31. The zero-order chi connectivity index (χ0) is 14.7.